The molecule has 0 heterocycles. The minimum atomic E-state index is -0.355. The first-order valence-corrected chi connectivity index (χ1v) is 7.53. The number of hydrogen-bond acceptors (Lipinski definition) is 4. The fourth-order valence-electron chi connectivity index (χ4n) is 1.89. The number of carbonyl (C=O) groups is 1. The molecule has 0 aromatic heterocycles. The number of hydrogen-bond donors (Lipinski definition) is 1. The highest BCUT2D eigenvalue weighted by atomic mass is 32.2. The standard InChI is InChI=1S/C12H27N3OS/c1-6-15(10(2)9-14(3)4)12(16)11(13)7-8-17-5/h10-11H,6-9,13H2,1-5H3/t10?,11-/m0/s1. The maximum Gasteiger partial charge on any atom is 0.239 e. The predicted octanol–water partition coefficient (Wildman–Crippen LogP) is 0.865. The van der Waals surface area contributed by atoms with E-state index in [-0.39, 0.29) is 18.0 Å². The van der Waals surface area contributed by atoms with Gasteiger partial charge in [0.2, 0.25) is 5.91 Å². The van der Waals surface area contributed by atoms with Gasteiger partial charge in [-0.3, -0.25) is 4.79 Å². The predicted molar refractivity (Wildman–Crippen MR) is 76.4 cm³/mol. The Balaban J connectivity index is 4.37. The lowest BCUT2D eigenvalue weighted by Crippen LogP contribution is -2.50. The molecule has 0 spiro atoms. The lowest BCUT2D eigenvalue weighted by atomic mass is 10.1. The van der Waals surface area contributed by atoms with E-state index in [9.17, 15) is 4.79 Å². The monoisotopic (exact) mass is 261 g/mol. The van der Waals surface area contributed by atoms with Crippen molar-refractivity contribution in [2.75, 3.05) is 39.2 Å². The molecule has 17 heavy (non-hydrogen) atoms. The minimum Gasteiger partial charge on any atom is -0.338 e. The van der Waals surface area contributed by atoms with Crippen LogP contribution in [-0.4, -0.2) is 67.0 Å². The van der Waals surface area contributed by atoms with Gasteiger partial charge in [-0.15, -0.1) is 0 Å². The van der Waals surface area contributed by atoms with Crippen molar-refractivity contribution in [3.8, 4) is 0 Å². The maximum absolute atomic E-state index is 12.2. The third-order valence-electron chi connectivity index (χ3n) is 2.74. The van der Waals surface area contributed by atoms with Crippen molar-refractivity contribution < 1.29 is 4.79 Å². The van der Waals surface area contributed by atoms with Crippen LogP contribution < -0.4 is 5.73 Å². The number of rotatable bonds is 8. The van der Waals surface area contributed by atoms with E-state index < -0.39 is 0 Å². The molecule has 1 unspecified atom stereocenters. The second-order valence-corrected chi connectivity index (χ2v) is 5.61. The molecule has 0 aliphatic carbocycles. The molecule has 0 aromatic carbocycles. The second-order valence-electron chi connectivity index (χ2n) is 4.62. The molecule has 2 atom stereocenters. The van der Waals surface area contributed by atoms with Crippen LogP contribution in [0.25, 0.3) is 0 Å². The molecule has 0 radical (unpaired) electrons. The highest BCUT2D eigenvalue weighted by molar-refractivity contribution is 7.98. The van der Waals surface area contributed by atoms with E-state index in [0.29, 0.717) is 0 Å². The molecule has 2 N–H and O–H groups in total. The van der Waals surface area contributed by atoms with Crippen molar-refractivity contribution >= 4 is 17.7 Å². The Labute approximate surface area is 110 Å². The summed E-state index contributed by atoms with van der Waals surface area (Å²) in [7, 11) is 4.03. The highest BCUT2D eigenvalue weighted by Gasteiger charge is 2.23. The molecule has 0 rings (SSSR count). The summed E-state index contributed by atoms with van der Waals surface area (Å²) >= 11 is 1.73. The van der Waals surface area contributed by atoms with Gasteiger partial charge in [0, 0.05) is 19.1 Å². The van der Waals surface area contributed by atoms with Gasteiger partial charge in [-0.25, -0.2) is 0 Å². The van der Waals surface area contributed by atoms with E-state index in [1.54, 1.807) is 11.8 Å². The lowest BCUT2D eigenvalue weighted by Gasteiger charge is -2.32. The fraction of sp³-hybridized carbons (Fsp3) is 0.917. The topological polar surface area (TPSA) is 49.6 Å². The number of thioether (sulfide) groups is 1. The molecular weight excluding hydrogens is 234 g/mol. The zero-order chi connectivity index (χ0) is 13.4. The van der Waals surface area contributed by atoms with Crippen molar-refractivity contribution in [2.24, 2.45) is 5.73 Å². The second kappa shape index (κ2) is 8.78. The van der Waals surface area contributed by atoms with Crippen molar-refractivity contribution in [2.45, 2.75) is 32.4 Å². The van der Waals surface area contributed by atoms with Crippen LogP contribution in [-0.2, 0) is 4.79 Å². The highest BCUT2D eigenvalue weighted by Crippen LogP contribution is 2.06. The Morgan fingerprint density at radius 2 is 2.00 bits per heavy atom. The van der Waals surface area contributed by atoms with Gasteiger partial charge in [0.1, 0.15) is 0 Å². The number of amides is 1. The summed E-state index contributed by atoms with van der Waals surface area (Å²) in [4.78, 5) is 16.1. The van der Waals surface area contributed by atoms with Crippen LogP contribution in [0.2, 0.25) is 0 Å². The Morgan fingerprint density at radius 3 is 2.41 bits per heavy atom. The van der Waals surface area contributed by atoms with Crippen LogP contribution in [0.4, 0.5) is 0 Å². The van der Waals surface area contributed by atoms with Crippen molar-refractivity contribution in [1.82, 2.24) is 9.80 Å². The normalized spacial score (nSPS) is 14.8. The molecule has 0 aliphatic heterocycles. The van der Waals surface area contributed by atoms with Gasteiger partial charge in [0.25, 0.3) is 0 Å². The first-order chi connectivity index (χ1) is 7.93. The average Bonchev–Trinajstić information content (AvgIpc) is 2.25. The van der Waals surface area contributed by atoms with E-state index in [1.807, 2.05) is 32.2 Å². The Hall–Kier alpha value is -0.260. The first-order valence-electron chi connectivity index (χ1n) is 6.13. The zero-order valence-electron chi connectivity index (χ0n) is 11.8. The van der Waals surface area contributed by atoms with Gasteiger partial charge in [-0.1, -0.05) is 0 Å². The summed E-state index contributed by atoms with van der Waals surface area (Å²) in [6, 6.07) is -0.144. The van der Waals surface area contributed by atoms with Gasteiger partial charge in [-0.2, -0.15) is 11.8 Å². The van der Waals surface area contributed by atoms with E-state index in [2.05, 4.69) is 11.8 Å². The van der Waals surface area contributed by atoms with Gasteiger partial charge in [-0.05, 0) is 46.4 Å². The maximum atomic E-state index is 12.2. The summed E-state index contributed by atoms with van der Waals surface area (Å²) in [5.74, 6) is 1.02. The number of carbonyl (C=O) groups excluding carboxylic acids is 1. The Bertz CT molecular complexity index is 224. The van der Waals surface area contributed by atoms with E-state index in [0.717, 1.165) is 25.3 Å². The van der Waals surface area contributed by atoms with Gasteiger partial charge < -0.3 is 15.5 Å². The van der Waals surface area contributed by atoms with Gasteiger partial charge in [0.15, 0.2) is 0 Å². The molecule has 0 saturated carbocycles. The summed E-state index contributed by atoms with van der Waals surface area (Å²) in [5.41, 5.74) is 5.93. The lowest BCUT2D eigenvalue weighted by molar-refractivity contribution is -0.134. The quantitative estimate of drug-likeness (QED) is 0.704. The fourth-order valence-corrected chi connectivity index (χ4v) is 2.38. The summed E-state index contributed by atoms with van der Waals surface area (Å²) < 4.78 is 0. The molecule has 102 valence electrons. The van der Waals surface area contributed by atoms with Crippen LogP contribution in [0, 0.1) is 0 Å². The largest absolute Gasteiger partial charge is 0.338 e. The summed E-state index contributed by atoms with van der Waals surface area (Å²) in [6.07, 6.45) is 2.79. The summed E-state index contributed by atoms with van der Waals surface area (Å²) in [5, 5.41) is 0. The van der Waals surface area contributed by atoms with Crippen LogP contribution >= 0.6 is 11.8 Å². The Kier molecular flexibility index (Phi) is 8.64. The third-order valence-corrected chi connectivity index (χ3v) is 3.38. The van der Waals surface area contributed by atoms with Crippen molar-refractivity contribution in [1.29, 1.82) is 0 Å². The van der Waals surface area contributed by atoms with Gasteiger partial charge in [0.05, 0.1) is 6.04 Å². The summed E-state index contributed by atoms with van der Waals surface area (Å²) in [6.45, 7) is 5.67. The number of likely N-dealkylation sites (N-methyl/N-ethyl adjacent to an activating group) is 2. The molecule has 5 heteroatoms. The van der Waals surface area contributed by atoms with Crippen LogP contribution in [0.5, 0.6) is 0 Å². The molecule has 0 aliphatic rings. The van der Waals surface area contributed by atoms with Crippen LogP contribution in [0.15, 0.2) is 0 Å². The van der Waals surface area contributed by atoms with E-state index >= 15 is 0 Å². The van der Waals surface area contributed by atoms with Crippen LogP contribution in [0.1, 0.15) is 20.3 Å². The third kappa shape index (κ3) is 6.29. The Morgan fingerprint density at radius 1 is 1.41 bits per heavy atom. The minimum absolute atomic E-state index is 0.0795. The number of nitrogens with zero attached hydrogens (tertiary/aromatic N) is 2. The molecule has 0 bridgehead atoms. The SMILES string of the molecule is CCN(C(=O)[C@@H](N)CCSC)C(C)CN(C)C. The average molecular weight is 261 g/mol. The molecule has 0 fully saturated rings. The number of nitrogens with two attached hydrogens (primary N) is 1. The van der Waals surface area contributed by atoms with E-state index in [1.165, 1.54) is 0 Å². The van der Waals surface area contributed by atoms with Gasteiger partial charge >= 0.3 is 0 Å². The van der Waals surface area contributed by atoms with E-state index in [4.69, 9.17) is 5.73 Å². The smallest absolute Gasteiger partial charge is 0.239 e. The first kappa shape index (κ1) is 16.7. The molecule has 4 nitrogen and oxygen atoms in total. The molecular formula is C12H27N3OS. The zero-order valence-corrected chi connectivity index (χ0v) is 12.6. The molecule has 0 aromatic rings. The van der Waals surface area contributed by atoms with Crippen molar-refractivity contribution in [3.63, 3.8) is 0 Å². The molecule has 0 saturated heterocycles. The molecule has 1 amide bonds. The van der Waals surface area contributed by atoms with Crippen LogP contribution in [0.3, 0.4) is 0 Å². The van der Waals surface area contributed by atoms with Crippen molar-refractivity contribution in [3.05, 3.63) is 0 Å².